The molecule has 2 unspecified atom stereocenters. The molecule has 0 saturated heterocycles. The molecule has 0 aromatic heterocycles. The smallest absolute Gasteiger partial charge is 0.462 e. The van der Waals surface area contributed by atoms with Crippen LogP contribution in [0, 0.1) is 11.8 Å². The fraction of sp³-hybridized carbons (Fsp3) is 0.954. The first-order valence-corrected chi connectivity index (χ1v) is 48.0. The third kappa shape index (κ3) is 80.1. The summed E-state index contributed by atoms with van der Waals surface area (Å²) in [5.74, 6) is -0.602. The quantitative estimate of drug-likeness (QED) is 0.0222. The number of carbonyl (C=O) groups is 4. The molecule has 0 spiro atoms. The predicted molar refractivity (Wildman–Crippen MR) is 437 cm³/mol. The Hall–Kier alpha value is -1.94. The van der Waals surface area contributed by atoms with Crippen LogP contribution >= 0.6 is 15.6 Å². The Balaban J connectivity index is 5.23. The summed E-state index contributed by atoms with van der Waals surface area (Å²) < 4.78 is 68.9. The van der Waals surface area contributed by atoms with E-state index in [1.807, 2.05) is 0 Å². The van der Waals surface area contributed by atoms with Crippen molar-refractivity contribution in [2.75, 3.05) is 39.6 Å². The molecule has 19 heteroatoms. The van der Waals surface area contributed by atoms with Crippen LogP contribution in [0.3, 0.4) is 0 Å². The molecule has 0 rings (SSSR count). The molecule has 0 heterocycles. The van der Waals surface area contributed by atoms with E-state index in [9.17, 15) is 43.2 Å². The lowest BCUT2D eigenvalue weighted by Gasteiger charge is -2.21. The van der Waals surface area contributed by atoms with E-state index >= 15 is 0 Å². The fourth-order valence-corrected chi connectivity index (χ4v) is 15.2. The van der Waals surface area contributed by atoms with Gasteiger partial charge in [0.25, 0.3) is 0 Å². The summed E-state index contributed by atoms with van der Waals surface area (Å²) in [7, 11) is -9.93. The van der Waals surface area contributed by atoms with Gasteiger partial charge in [0.1, 0.15) is 19.3 Å². The maximum absolute atomic E-state index is 13.2. The van der Waals surface area contributed by atoms with Crippen molar-refractivity contribution in [1.82, 2.24) is 0 Å². The molecule has 5 atom stereocenters. The van der Waals surface area contributed by atoms with Crippen molar-refractivity contribution in [3.8, 4) is 0 Å². The Kier molecular flexibility index (Phi) is 76.9. The normalized spacial score (nSPS) is 13.8. The Bertz CT molecular complexity index is 2030. The lowest BCUT2D eigenvalue weighted by atomic mass is 10.0. The second kappa shape index (κ2) is 78.3. The predicted octanol–water partition coefficient (Wildman–Crippen LogP) is 26.6. The number of aliphatic hydroxyl groups excluding tert-OH is 1. The molecular weight excluding hydrogens is 1380 g/mol. The summed E-state index contributed by atoms with van der Waals surface area (Å²) in [6, 6.07) is 0. The number of phosphoric acid groups is 2. The topological polar surface area (TPSA) is 237 Å². The van der Waals surface area contributed by atoms with Gasteiger partial charge >= 0.3 is 39.5 Å². The molecule has 0 aliphatic carbocycles. The molecular formula is C87H170O17P2. The molecule has 3 N–H and O–H groups in total. The lowest BCUT2D eigenvalue weighted by molar-refractivity contribution is -0.161. The molecule has 0 aliphatic heterocycles. The van der Waals surface area contributed by atoms with Gasteiger partial charge in [-0.25, -0.2) is 9.13 Å². The highest BCUT2D eigenvalue weighted by Crippen LogP contribution is 2.45. The number of hydrogen-bond donors (Lipinski definition) is 3. The van der Waals surface area contributed by atoms with E-state index in [-0.39, 0.29) is 25.7 Å². The minimum Gasteiger partial charge on any atom is -0.462 e. The van der Waals surface area contributed by atoms with Crippen molar-refractivity contribution in [1.29, 1.82) is 0 Å². The number of ether oxygens (including phenoxy) is 4. The number of rotatable bonds is 86. The summed E-state index contributed by atoms with van der Waals surface area (Å²) in [5.41, 5.74) is 0. The summed E-state index contributed by atoms with van der Waals surface area (Å²) in [4.78, 5) is 73.2. The second-order valence-electron chi connectivity index (χ2n) is 32.2. The van der Waals surface area contributed by atoms with Gasteiger partial charge in [-0.2, -0.15) is 0 Å². The Morgan fingerprint density at radius 2 is 0.434 bits per heavy atom. The molecule has 0 aromatic rings. The molecule has 0 aliphatic rings. The highest BCUT2D eigenvalue weighted by Gasteiger charge is 2.30. The number of carbonyl (C=O) groups excluding carboxylic acids is 4. The zero-order chi connectivity index (χ0) is 77.8. The van der Waals surface area contributed by atoms with Gasteiger partial charge in [-0.05, 0) is 37.5 Å². The van der Waals surface area contributed by atoms with Crippen molar-refractivity contribution in [3.63, 3.8) is 0 Å². The van der Waals surface area contributed by atoms with Crippen LogP contribution in [0.4, 0.5) is 0 Å². The van der Waals surface area contributed by atoms with E-state index in [1.165, 1.54) is 276 Å². The molecule has 106 heavy (non-hydrogen) atoms. The average Bonchev–Trinajstić information content (AvgIpc) is 0.901. The van der Waals surface area contributed by atoms with Crippen LogP contribution in [0.1, 0.15) is 465 Å². The van der Waals surface area contributed by atoms with Crippen LogP contribution in [0.25, 0.3) is 0 Å². The first-order chi connectivity index (χ1) is 51.4. The van der Waals surface area contributed by atoms with Crippen LogP contribution < -0.4 is 0 Å². The SMILES string of the molecule is CCCCCCCCCCCCCCCCCCCCCCC(=O)O[C@H](COC(=O)CCCCCCCCCCCCCCCCCCCCC)COP(=O)(O)OC[C@@H](O)COP(=O)(O)OC[C@@H](COC(=O)CCCCCCCCCC(C)C)OC(=O)CCCCCCCCCCCCCCCCC(C)C. The highest BCUT2D eigenvalue weighted by molar-refractivity contribution is 7.47. The molecule has 17 nitrogen and oxygen atoms in total. The molecule has 0 aromatic carbocycles. The molecule has 0 amide bonds. The molecule has 0 fully saturated rings. The van der Waals surface area contributed by atoms with E-state index in [4.69, 9.17) is 37.0 Å². The molecule has 0 bridgehead atoms. The lowest BCUT2D eigenvalue weighted by Crippen LogP contribution is -2.30. The molecule has 0 radical (unpaired) electrons. The van der Waals surface area contributed by atoms with Crippen LogP contribution in [0.2, 0.25) is 0 Å². The maximum atomic E-state index is 13.2. The van der Waals surface area contributed by atoms with Gasteiger partial charge in [0, 0.05) is 25.7 Å². The first-order valence-electron chi connectivity index (χ1n) is 45.0. The summed E-state index contributed by atoms with van der Waals surface area (Å²) in [6.07, 6.45) is 71.0. The van der Waals surface area contributed by atoms with E-state index in [0.29, 0.717) is 31.6 Å². The van der Waals surface area contributed by atoms with E-state index in [2.05, 4.69) is 41.5 Å². The zero-order valence-electron chi connectivity index (χ0n) is 69.7. The van der Waals surface area contributed by atoms with Crippen molar-refractivity contribution in [2.24, 2.45) is 11.8 Å². The standard InChI is InChI=1S/C87H170O17P2/c1-7-9-11-13-15-17-19-21-23-25-27-29-31-33-38-42-46-52-59-65-71-86(91)103-82(75-97-84(89)69-63-57-51-45-41-37-32-30-28-26-24-22-20-18-16-14-12-10-8-2)77-101-105(93,94)99-73-81(88)74-100-106(95,96)102-78-83(76-98-85(90)70-64-58-54-48-50-56-62-68-80(5)6)104-87(92)72-66-60-53-47-43-39-35-34-36-40-44-49-55-61-67-79(3)4/h79-83,88H,7-78H2,1-6H3,(H,93,94)(H,95,96)/t81-,82-,83-/m1/s1. The summed E-state index contributed by atoms with van der Waals surface area (Å²) in [6.45, 7) is 9.64. The Morgan fingerprint density at radius 1 is 0.255 bits per heavy atom. The van der Waals surface area contributed by atoms with Crippen LogP contribution in [-0.4, -0.2) is 96.7 Å². The van der Waals surface area contributed by atoms with Crippen LogP contribution in [0.15, 0.2) is 0 Å². The third-order valence-corrected chi connectivity index (χ3v) is 22.4. The third-order valence-electron chi connectivity index (χ3n) is 20.5. The summed E-state index contributed by atoms with van der Waals surface area (Å²) >= 11 is 0. The Labute approximate surface area is 651 Å². The Morgan fingerprint density at radius 3 is 0.642 bits per heavy atom. The van der Waals surface area contributed by atoms with Crippen molar-refractivity contribution < 1.29 is 80.2 Å². The van der Waals surface area contributed by atoms with Gasteiger partial charge in [-0.3, -0.25) is 37.3 Å². The van der Waals surface area contributed by atoms with Crippen molar-refractivity contribution in [2.45, 2.75) is 484 Å². The van der Waals surface area contributed by atoms with Gasteiger partial charge in [-0.15, -0.1) is 0 Å². The minimum atomic E-state index is -4.97. The van der Waals surface area contributed by atoms with Crippen molar-refractivity contribution >= 4 is 39.5 Å². The van der Waals surface area contributed by atoms with E-state index in [0.717, 1.165) is 102 Å². The number of phosphoric ester groups is 2. The number of unbranched alkanes of at least 4 members (excludes halogenated alkanes) is 56. The van der Waals surface area contributed by atoms with Gasteiger partial charge < -0.3 is 33.8 Å². The zero-order valence-corrected chi connectivity index (χ0v) is 71.5. The maximum Gasteiger partial charge on any atom is 0.472 e. The van der Waals surface area contributed by atoms with E-state index in [1.54, 1.807) is 0 Å². The molecule has 630 valence electrons. The van der Waals surface area contributed by atoms with Crippen molar-refractivity contribution in [3.05, 3.63) is 0 Å². The van der Waals surface area contributed by atoms with Crippen LogP contribution in [0.5, 0.6) is 0 Å². The minimum absolute atomic E-state index is 0.107. The molecule has 0 saturated carbocycles. The fourth-order valence-electron chi connectivity index (χ4n) is 13.6. The number of esters is 4. The van der Waals surface area contributed by atoms with Gasteiger partial charge in [0.15, 0.2) is 12.2 Å². The number of hydrogen-bond acceptors (Lipinski definition) is 15. The van der Waals surface area contributed by atoms with E-state index < -0.39 is 97.5 Å². The van der Waals surface area contributed by atoms with Crippen LogP contribution in [-0.2, 0) is 65.4 Å². The second-order valence-corrected chi connectivity index (χ2v) is 35.1. The van der Waals surface area contributed by atoms with Gasteiger partial charge in [-0.1, -0.05) is 414 Å². The largest absolute Gasteiger partial charge is 0.472 e. The van der Waals surface area contributed by atoms with Gasteiger partial charge in [0.2, 0.25) is 0 Å². The van der Waals surface area contributed by atoms with Gasteiger partial charge in [0.05, 0.1) is 26.4 Å². The summed E-state index contributed by atoms with van der Waals surface area (Å²) in [5, 5.41) is 10.7. The highest BCUT2D eigenvalue weighted by atomic mass is 31.2. The average molecular weight is 1550 g/mol. The first kappa shape index (κ1) is 104. The monoisotopic (exact) mass is 1550 g/mol. The number of aliphatic hydroxyl groups is 1.